The maximum absolute atomic E-state index is 12.0. The first-order valence-corrected chi connectivity index (χ1v) is 8.96. The Morgan fingerprint density at radius 3 is 2.65 bits per heavy atom. The number of fused-ring (bicyclic) bond motifs is 1. The summed E-state index contributed by atoms with van der Waals surface area (Å²) in [5.41, 5.74) is 4.34. The van der Waals surface area contributed by atoms with Gasteiger partial charge in [0.15, 0.2) is 0 Å². The fraction of sp³-hybridized carbons (Fsp3) is 0.350. The molecule has 6 heteroatoms. The Kier molecular flexibility index (Phi) is 5.21. The SMILES string of the molecule is CCCCCC(=O)Nc1ccc(-n2nc3ccc(C)cc3n2)c(O)c1C. The molecule has 0 saturated carbocycles. The number of nitrogens with zero attached hydrogens (tertiary/aromatic N) is 3. The quantitative estimate of drug-likeness (QED) is 0.650. The largest absolute Gasteiger partial charge is 0.505 e. The van der Waals surface area contributed by atoms with E-state index in [1.165, 1.54) is 4.80 Å². The molecule has 0 spiro atoms. The molecule has 0 bridgehead atoms. The zero-order valence-electron chi connectivity index (χ0n) is 15.4. The predicted octanol–water partition coefficient (Wildman–Crippen LogP) is 4.26. The first-order chi connectivity index (χ1) is 12.5. The molecule has 6 nitrogen and oxygen atoms in total. The first-order valence-electron chi connectivity index (χ1n) is 8.96. The average molecular weight is 352 g/mol. The number of unbranched alkanes of at least 4 members (excludes halogenated alkanes) is 2. The average Bonchev–Trinajstić information content (AvgIpc) is 3.02. The molecular formula is C20H24N4O2. The van der Waals surface area contributed by atoms with E-state index in [0.717, 1.165) is 35.9 Å². The van der Waals surface area contributed by atoms with Crippen molar-refractivity contribution >= 4 is 22.6 Å². The summed E-state index contributed by atoms with van der Waals surface area (Å²) in [6, 6.07) is 9.33. The van der Waals surface area contributed by atoms with Crippen molar-refractivity contribution in [2.45, 2.75) is 46.5 Å². The number of carbonyl (C=O) groups excluding carboxylic acids is 1. The highest BCUT2D eigenvalue weighted by Gasteiger charge is 2.15. The second-order valence-electron chi connectivity index (χ2n) is 6.59. The van der Waals surface area contributed by atoms with E-state index in [2.05, 4.69) is 22.4 Å². The van der Waals surface area contributed by atoms with Crippen molar-refractivity contribution in [2.75, 3.05) is 5.32 Å². The lowest BCUT2D eigenvalue weighted by Gasteiger charge is -2.12. The number of phenols is 1. The Morgan fingerprint density at radius 2 is 1.88 bits per heavy atom. The third-order valence-electron chi connectivity index (χ3n) is 4.44. The maximum Gasteiger partial charge on any atom is 0.224 e. The van der Waals surface area contributed by atoms with Crippen molar-refractivity contribution in [3.8, 4) is 11.4 Å². The van der Waals surface area contributed by atoms with Crippen molar-refractivity contribution in [2.24, 2.45) is 0 Å². The van der Waals surface area contributed by atoms with Gasteiger partial charge >= 0.3 is 0 Å². The van der Waals surface area contributed by atoms with Crippen LogP contribution in [0.4, 0.5) is 5.69 Å². The van der Waals surface area contributed by atoms with Crippen LogP contribution >= 0.6 is 0 Å². The summed E-state index contributed by atoms with van der Waals surface area (Å²) in [4.78, 5) is 13.5. The summed E-state index contributed by atoms with van der Waals surface area (Å²) in [5, 5.41) is 22.3. The molecule has 1 heterocycles. The number of nitrogens with one attached hydrogen (secondary N) is 1. The Hall–Kier alpha value is -2.89. The summed E-state index contributed by atoms with van der Waals surface area (Å²) < 4.78 is 0. The van der Waals surface area contributed by atoms with Crippen molar-refractivity contribution in [3.05, 3.63) is 41.5 Å². The minimum atomic E-state index is -0.0351. The van der Waals surface area contributed by atoms with Gasteiger partial charge in [0.2, 0.25) is 5.91 Å². The number of hydrogen-bond donors (Lipinski definition) is 2. The van der Waals surface area contributed by atoms with E-state index in [-0.39, 0.29) is 11.7 Å². The second-order valence-corrected chi connectivity index (χ2v) is 6.59. The molecule has 0 unspecified atom stereocenters. The Labute approximate surface area is 152 Å². The number of amides is 1. The fourth-order valence-electron chi connectivity index (χ4n) is 2.86. The number of anilines is 1. The number of carbonyl (C=O) groups is 1. The van der Waals surface area contributed by atoms with Crippen LogP contribution in [0.2, 0.25) is 0 Å². The monoisotopic (exact) mass is 352 g/mol. The third kappa shape index (κ3) is 3.69. The van der Waals surface area contributed by atoms with Gasteiger partial charge in [-0.05, 0) is 50.1 Å². The Balaban J connectivity index is 1.85. The number of aryl methyl sites for hydroxylation is 1. The molecule has 1 amide bonds. The highest BCUT2D eigenvalue weighted by molar-refractivity contribution is 5.92. The normalized spacial score (nSPS) is 11.0. The number of rotatable bonds is 6. The van der Waals surface area contributed by atoms with E-state index < -0.39 is 0 Å². The van der Waals surface area contributed by atoms with Gasteiger partial charge in [-0.2, -0.15) is 0 Å². The van der Waals surface area contributed by atoms with Gasteiger partial charge in [0, 0.05) is 17.7 Å². The van der Waals surface area contributed by atoms with Gasteiger partial charge in [0.1, 0.15) is 22.5 Å². The van der Waals surface area contributed by atoms with Crippen LogP contribution in [-0.4, -0.2) is 26.0 Å². The van der Waals surface area contributed by atoms with Crippen LogP contribution in [0.3, 0.4) is 0 Å². The van der Waals surface area contributed by atoms with Crippen molar-refractivity contribution in [1.82, 2.24) is 15.0 Å². The van der Waals surface area contributed by atoms with Gasteiger partial charge in [0.05, 0.1) is 0 Å². The predicted molar refractivity (Wildman–Crippen MR) is 103 cm³/mol. The molecule has 3 aromatic rings. The van der Waals surface area contributed by atoms with Gasteiger partial charge in [-0.25, -0.2) is 0 Å². The lowest BCUT2D eigenvalue weighted by molar-refractivity contribution is -0.116. The smallest absolute Gasteiger partial charge is 0.224 e. The van der Waals surface area contributed by atoms with Gasteiger partial charge in [0.25, 0.3) is 0 Å². The number of hydrogen-bond acceptors (Lipinski definition) is 4. The number of aromatic nitrogens is 3. The minimum absolute atomic E-state index is 0.0351. The zero-order chi connectivity index (χ0) is 18.7. The van der Waals surface area contributed by atoms with E-state index in [1.54, 1.807) is 19.1 Å². The second kappa shape index (κ2) is 7.56. The molecule has 1 aromatic heterocycles. The molecule has 0 saturated heterocycles. The molecule has 0 radical (unpaired) electrons. The van der Waals surface area contributed by atoms with Crippen molar-refractivity contribution in [3.63, 3.8) is 0 Å². The summed E-state index contributed by atoms with van der Waals surface area (Å²) >= 11 is 0. The summed E-state index contributed by atoms with van der Waals surface area (Å²) in [6.07, 6.45) is 3.47. The van der Waals surface area contributed by atoms with E-state index in [1.807, 2.05) is 25.1 Å². The van der Waals surface area contributed by atoms with Crippen molar-refractivity contribution in [1.29, 1.82) is 0 Å². The highest BCUT2D eigenvalue weighted by atomic mass is 16.3. The van der Waals surface area contributed by atoms with E-state index in [9.17, 15) is 9.90 Å². The van der Waals surface area contributed by atoms with Crippen LogP contribution in [0, 0.1) is 13.8 Å². The van der Waals surface area contributed by atoms with Crippen LogP contribution < -0.4 is 5.32 Å². The van der Waals surface area contributed by atoms with Crippen LogP contribution in [0.15, 0.2) is 30.3 Å². The molecule has 0 aliphatic carbocycles. The van der Waals surface area contributed by atoms with Crippen LogP contribution in [0.1, 0.15) is 43.7 Å². The van der Waals surface area contributed by atoms with Crippen LogP contribution in [0.5, 0.6) is 5.75 Å². The molecule has 0 aliphatic heterocycles. The molecular weight excluding hydrogens is 328 g/mol. The van der Waals surface area contributed by atoms with Crippen molar-refractivity contribution < 1.29 is 9.90 Å². The number of aromatic hydroxyl groups is 1. The molecule has 136 valence electrons. The molecule has 0 fully saturated rings. The van der Waals surface area contributed by atoms with Gasteiger partial charge in [-0.1, -0.05) is 25.8 Å². The number of phenolic OH excluding ortho intramolecular Hbond substituents is 1. The third-order valence-corrected chi connectivity index (χ3v) is 4.44. The van der Waals surface area contributed by atoms with Gasteiger partial charge in [-0.3, -0.25) is 4.79 Å². The molecule has 2 N–H and O–H groups in total. The van der Waals surface area contributed by atoms with E-state index >= 15 is 0 Å². The maximum atomic E-state index is 12.0. The summed E-state index contributed by atoms with van der Waals surface area (Å²) in [7, 11) is 0. The van der Waals surface area contributed by atoms with Gasteiger partial charge in [-0.15, -0.1) is 15.0 Å². The standard InChI is InChI=1S/C20H24N4O2/c1-4-5-6-7-19(25)21-15-10-11-18(20(26)14(15)3)24-22-16-9-8-13(2)12-17(16)23-24/h8-12,26H,4-7H2,1-3H3,(H,21,25). The van der Waals surface area contributed by atoms with Gasteiger partial charge < -0.3 is 10.4 Å². The van der Waals surface area contributed by atoms with Crippen LogP contribution in [0.25, 0.3) is 16.7 Å². The molecule has 2 aromatic carbocycles. The zero-order valence-corrected chi connectivity index (χ0v) is 15.4. The molecule has 0 atom stereocenters. The van der Waals surface area contributed by atoms with Crippen LogP contribution in [-0.2, 0) is 4.79 Å². The Bertz CT molecular complexity index is 946. The Morgan fingerprint density at radius 1 is 1.12 bits per heavy atom. The minimum Gasteiger partial charge on any atom is -0.505 e. The lowest BCUT2D eigenvalue weighted by atomic mass is 10.1. The summed E-state index contributed by atoms with van der Waals surface area (Å²) in [5.74, 6) is 0.0283. The highest BCUT2D eigenvalue weighted by Crippen LogP contribution is 2.31. The molecule has 26 heavy (non-hydrogen) atoms. The summed E-state index contributed by atoms with van der Waals surface area (Å²) in [6.45, 7) is 5.87. The fourth-order valence-corrected chi connectivity index (χ4v) is 2.86. The van der Waals surface area contributed by atoms with E-state index in [0.29, 0.717) is 23.4 Å². The molecule has 0 aliphatic rings. The lowest BCUT2D eigenvalue weighted by Crippen LogP contribution is -2.12. The first kappa shape index (κ1) is 17.9. The molecule has 3 rings (SSSR count). The number of benzene rings is 2. The topological polar surface area (TPSA) is 80.0 Å². The van der Waals surface area contributed by atoms with E-state index in [4.69, 9.17) is 0 Å².